The second-order valence-corrected chi connectivity index (χ2v) is 8.64. The molecule has 0 aliphatic rings. The van der Waals surface area contributed by atoms with Gasteiger partial charge in [0.1, 0.15) is 5.75 Å². The van der Waals surface area contributed by atoms with Crippen LogP contribution in [0.25, 0.3) is 11.3 Å². The number of sulfonamides is 1. The van der Waals surface area contributed by atoms with Crippen LogP contribution in [0.1, 0.15) is 25.3 Å². The Morgan fingerprint density at radius 2 is 1.85 bits per heavy atom. The molecule has 136 valence electrons. The SMILES string of the molecule is COc1cccc(S(=O)(=O)Nc2nc(-c3ccc(C(C)C)cc3)cs2)c1. The van der Waals surface area contributed by atoms with E-state index in [1.165, 1.54) is 36.1 Å². The summed E-state index contributed by atoms with van der Waals surface area (Å²) in [4.78, 5) is 4.54. The normalized spacial score (nSPS) is 11.5. The van der Waals surface area contributed by atoms with Crippen LogP contribution in [0.5, 0.6) is 5.75 Å². The molecule has 2 aromatic carbocycles. The van der Waals surface area contributed by atoms with Crippen molar-refractivity contribution < 1.29 is 13.2 Å². The van der Waals surface area contributed by atoms with E-state index in [9.17, 15) is 8.42 Å². The van der Waals surface area contributed by atoms with Gasteiger partial charge < -0.3 is 4.74 Å². The minimum atomic E-state index is -3.71. The number of benzene rings is 2. The van der Waals surface area contributed by atoms with Crippen LogP contribution < -0.4 is 9.46 Å². The van der Waals surface area contributed by atoms with Crippen molar-refractivity contribution in [1.29, 1.82) is 0 Å². The maximum atomic E-state index is 12.5. The highest BCUT2D eigenvalue weighted by atomic mass is 32.2. The Balaban J connectivity index is 1.81. The van der Waals surface area contributed by atoms with E-state index in [4.69, 9.17) is 4.74 Å². The van der Waals surface area contributed by atoms with Gasteiger partial charge in [0, 0.05) is 17.0 Å². The van der Waals surface area contributed by atoms with Crippen molar-refractivity contribution in [3.05, 3.63) is 59.5 Å². The number of nitrogens with one attached hydrogen (secondary N) is 1. The van der Waals surface area contributed by atoms with E-state index in [0.29, 0.717) is 16.8 Å². The van der Waals surface area contributed by atoms with E-state index in [0.717, 1.165) is 11.3 Å². The van der Waals surface area contributed by atoms with Gasteiger partial charge in [0.05, 0.1) is 17.7 Å². The number of ether oxygens (including phenoxy) is 1. The van der Waals surface area contributed by atoms with Crippen LogP contribution in [0.15, 0.2) is 58.8 Å². The van der Waals surface area contributed by atoms with Crippen LogP contribution in [-0.4, -0.2) is 20.5 Å². The molecule has 1 aromatic heterocycles. The summed E-state index contributed by atoms with van der Waals surface area (Å²) in [6.45, 7) is 4.28. The first kappa shape index (κ1) is 18.4. The summed E-state index contributed by atoms with van der Waals surface area (Å²) in [6.07, 6.45) is 0. The molecule has 0 radical (unpaired) electrons. The zero-order valence-corrected chi connectivity index (χ0v) is 16.4. The molecule has 3 aromatic rings. The second-order valence-electron chi connectivity index (χ2n) is 6.10. The van der Waals surface area contributed by atoms with Gasteiger partial charge in [-0.05, 0) is 23.6 Å². The predicted octanol–water partition coefficient (Wildman–Crippen LogP) is 4.74. The fourth-order valence-corrected chi connectivity index (χ4v) is 4.44. The number of hydrogen-bond acceptors (Lipinski definition) is 5. The van der Waals surface area contributed by atoms with Crippen LogP contribution in [0.3, 0.4) is 0 Å². The predicted molar refractivity (Wildman–Crippen MR) is 105 cm³/mol. The topological polar surface area (TPSA) is 68.3 Å². The van der Waals surface area contributed by atoms with Crippen molar-refractivity contribution in [3.8, 4) is 17.0 Å². The summed E-state index contributed by atoms with van der Waals surface area (Å²) in [5.41, 5.74) is 2.95. The third-order valence-corrected chi connectivity index (χ3v) is 6.17. The monoisotopic (exact) mass is 388 g/mol. The van der Waals surface area contributed by atoms with Gasteiger partial charge in [0.15, 0.2) is 5.13 Å². The number of rotatable bonds is 6. The Labute approximate surface area is 157 Å². The van der Waals surface area contributed by atoms with E-state index in [1.807, 2.05) is 17.5 Å². The Bertz CT molecular complexity index is 994. The smallest absolute Gasteiger partial charge is 0.263 e. The van der Waals surface area contributed by atoms with Crippen molar-refractivity contribution in [2.75, 3.05) is 11.8 Å². The highest BCUT2D eigenvalue weighted by Gasteiger charge is 2.17. The lowest BCUT2D eigenvalue weighted by Gasteiger charge is -2.07. The Kier molecular flexibility index (Phi) is 5.29. The van der Waals surface area contributed by atoms with Gasteiger partial charge in [0.25, 0.3) is 10.0 Å². The number of anilines is 1. The molecule has 0 saturated heterocycles. The third-order valence-electron chi connectivity index (χ3n) is 3.95. The highest BCUT2D eigenvalue weighted by Crippen LogP contribution is 2.28. The minimum Gasteiger partial charge on any atom is -0.497 e. The molecular weight excluding hydrogens is 368 g/mol. The molecule has 0 atom stereocenters. The molecule has 1 heterocycles. The van der Waals surface area contributed by atoms with Gasteiger partial charge in [-0.2, -0.15) is 0 Å². The minimum absolute atomic E-state index is 0.134. The van der Waals surface area contributed by atoms with Crippen LogP contribution >= 0.6 is 11.3 Å². The van der Waals surface area contributed by atoms with Gasteiger partial charge in [-0.1, -0.05) is 44.2 Å². The molecule has 0 spiro atoms. The number of methoxy groups -OCH3 is 1. The zero-order valence-electron chi connectivity index (χ0n) is 14.8. The summed E-state index contributed by atoms with van der Waals surface area (Å²) in [6, 6.07) is 14.5. The number of hydrogen-bond donors (Lipinski definition) is 1. The Morgan fingerprint density at radius 3 is 2.50 bits per heavy atom. The van der Waals surface area contributed by atoms with Crippen molar-refractivity contribution in [2.24, 2.45) is 0 Å². The molecule has 0 fully saturated rings. The van der Waals surface area contributed by atoms with Crippen LogP contribution in [-0.2, 0) is 10.0 Å². The molecule has 5 nitrogen and oxygen atoms in total. The summed E-state index contributed by atoms with van der Waals surface area (Å²) in [7, 11) is -2.22. The van der Waals surface area contributed by atoms with Crippen molar-refractivity contribution >= 4 is 26.5 Å². The number of nitrogens with zero attached hydrogens (tertiary/aromatic N) is 1. The molecule has 0 aliphatic heterocycles. The Hall–Kier alpha value is -2.38. The highest BCUT2D eigenvalue weighted by molar-refractivity contribution is 7.93. The van der Waals surface area contributed by atoms with Gasteiger partial charge in [-0.25, -0.2) is 13.4 Å². The standard InChI is InChI=1S/C19H20N2O3S2/c1-13(2)14-7-9-15(10-8-14)18-12-25-19(20-18)21-26(22,23)17-6-4-5-16(11-17)24-3/h4-13H,1-3H3,(H,20,21). The molecule has 0 amide bonds. The van der Waals surface area contributed by atoms with E-state index < -0.39 is 10.0 Å². The molecule has 0 unspecified atom stereocenters. The molecular formula is C19H20N2O3S2. The maximum Gasteiger partial charge on any atom is 0.263 e. The van der Waals surface area contributed by atoms with Gasteiger partial charge >= 0.3 is 0 Å². The van der Waals surface area contributed by atoms with Crippen molar-refractivity contribution in [2.45, 2.75) is 24.7 Å². The average molecular weight is 389 g/mol. The third kappa shape index (κ3) is 4.05. The van der Waals surface area contributed by atoms with Crippen LogP contribution in [0.4, 0.5) is 5.13 Å². The molecule has 1 N–H and O–H groups in total. The summed E-state index contributed by atoms with van der Waals surface area (Å²) < 4.78 is 32.7. The lowest BCUT2D eigenvalue weighted by Crippen LogP contribution is -2.12. The molecule has 26 heavy (non-hydrogen) atoms. The average Bonchev–Trinajstić information content (AvgIpc) is 3.09. The first-order valence-electron chi connectivity index (χ1n) is 8.12. The molecule has 7 heteroatoms. The largest absolute Gasteiger partial charge is 0.497 e. The van der Waals surface area contributed by atoms with E-state index in [1.54, 1.807) is 12.1 Å². The fourth-order valence-electron chi connectivity index (χ4n) is 2.43. The van der Waals surface area contributed by atoms with E-state index >= 15 is 0 Å². The summed E-state index contributed by atoms with van der Waals surface area (Å²) >= 11 is 1.25. The molecule has 3 rings (SSSR count). The quantitative estimate of drug-likeness (QED) is 0.662. The number of aromatic nitrogens is 1. The number of thiazole rings is 1. The fraction of sp³-hybridized carbons (Fsp3) is 0.211. The first-order chi connectivity index (χ1) is 12.4. The zero-order chi connectivity index (χ0) is 18.7. The summed E-state index contributed by atoms with van der Waals surface area (Å²) in [5, 5.41) is 2.17. The molecule has 0 bridgehead atoms. The second kappa shape index (κ2) is 7.47. The molecule has 0 aliphatic carbocycles. The summed E-state index contributed by atoms with van der Waals surface area (Å²) in [5.74, 6) is 0.947. The lowest BCUT2D eigenvalue weighted by atomic mass is 10.0. The first-order valence-corrected chi connectivity index (χ1v) is 10.5. The maximum absolute atomic E-state index is 12.5. The van der Waals surface area contributed by atoms with Crippen molar-refractivity contribution in [1.82, 2.24) is 4.98 Å². The van der Waals surface area contributed by atoms with E-state index in [-0.39, 0.29) is 4.90 Å². The van der Waals surface area contributed by atoms with E-state index in [2.05, 4.69) is 35.7 Å². The van der Waals surface area contributed by atoms with Crippen LogP contribution in [0.2, 0.25) is 0 Å². The van der Waals surface area contributed by atoms with Gasteiger partial charge in [-0.15, -0.1) is 11.3 Å². The molecule has 0 saturated carbocycles. The van der Waals surface area contributed by atoms with Gasteiger partial charge in [-0.3, -0.25) is 4.72 Å². The lowest BCUT2D eigenvalue weighted by molar-refractivity contribution is 0.413. The Morgan fingerprint density at radius 1 is 1.12 bits per heavy atom. The van der Waals surface area contributed by atoms with Crippen molar-refractivity contribution in [3.63, 3.8) is 0 Å². The van der Waals surface area contributed by atoms with Gasteiger partial charge in [0.2, 0.25) is 0 Å². The van der Waals surface area contributed by atoms with Crippen LogP contribution in [0, 0.1) is 0 Å².